The van der Waals surface area contributed by atoms with Crippen molar-refractivity contribution in [1.29, 1.82) is 0 Å². The molecule has 0 unspecified atom stereocenters. The maximum absolute atomic E-state index is 12.3. The van der Waals surface area contributed by atoms with Crippen molar-refractivity contribution in [2.24, 2.45) is 0 Å². The van der Waals surface area contributed by atoms with Crippen LogP contribution in [0.4, 0.5) is 5.69 Å². The van der Waals surface area contributed by atoms with Crippen molar-refractivity contribution in [3.63, 3.8) is 0 Å². The zero-order valence-corrected chi connectivity index (χ0v) is 15.6. The average Bonchev–Trinajstić information content (AvgIpc) is 3.26. The molecule has 0 spiro atoms. The number of hydrogen-bond acceptors (Lipinski definition) is 3. The Morgan fingerprint density at radius 1 is 1.00 bits per heavy atom. The maximum Gasteiger partial charge on any atom is 0.251 e. The number of amides is 2. The van der Waals surface area contributed by atoms with Crippen LogP contribution in [0.1, 0.15) is 34.3 Å². The van der Waals surface area contributed by atoms with Gasteiger partial charge in [-0.25, -0.2) is 0 Å². The Kier molecular flexibility index (Phi) is 6.26. The Balaban J connectivity index is 1.52. The summed E-state index contributed by atoms with van der Waals surface area (Å²) >= 11 is 0. The highest BCUT2D eigenvalue weighted by atomic mass is 16.2. The smallest absolute Gasteiger partial charge is 0.251 e. The van der Waals surface area contributed by atoms with Crippen LogP contribution in [-0.2, 0) is 11.3 Å². The summed E-state index contributed by atoms with van der Waals surface area (Å²) in [6.45, 7) is 2.66. The molecule has 1 aliphatic heterocycles. The van der Waals surface area contributed by atoms with E-state index in [1.807, 2.05) is 48.5 Å². The first kappa shape index (κ1) is 18.7. The van der Waals surface area contributed by atoms with E-state index in [4.69, 9.17) is 0 Å². The van der Waals surface area contributed by atoms with Crippen LogP contribution in [0.2, 0.25) is 0 Å². The number of carbonyl (C=O) groups excluding carboxylic acids is 2. The highest BCUT2D eigenvalue weighted by molar-refractivity contribution is 5.94. The van der Waals surface area contributed by atoms with Crippen LogP contribution in [0.25, 0.3) is 6.08 Å². The van der Waals surface area contributed by atoms with Gasteiger partial charge in [-0.1, -0.05) is 24.3 Å². The van der Waals surface area contributed by atoms with Crippen LogP contribution in [0, 0.1) is 0 Å². The van der Waals surface area contributed by atoms with E-state index in [0.29, 0.717) is 12.1 Å². The predicted octanol–water partition coefficient (Wildman–Crippen LogP) is 2.98. The summed E-state index contributed by atoms with van der Waals surface area (Å²) in [6.07, 6.45) is 5.72. The van der Waals surface area contributed by atoms with Crippen molar-refractivity contribution < 1.29 is 9.59 Å². The van der Waals surface area contributed by atoms with Crippen molar-refractivity contribution in [3.8, 4) is 0 Å². The summed E-state index contributed by atoms with van der Waals surface area (Å²) in [6, 6.07) is 15.5. The first-order valence-corrected chi connectivity index (χ1v) is 9.27. The van der Waals surface area contributed by atoms with Gasteiger partial charge >= 0.3 is 0 Å². The van der Waals surface area contributed by atoms with Gasteiger partial charge in [-0.2, -0.15) is 0 Å². The van der Waals surface area contributed by atoms with Gasteiger partial charge in [0, 0.05) is 44.0 Å². The third-order valence-corrected chi connectivity index (χ3v) is 4.71. The number of nitrogens with one attached hydrogen (secondary N) is 2. The van der Waals surface area contributed by atoms with E-state index < -0.39 is 0 Å². The van der Waals surface area contributed by atoms with Crippen LogP contribution >= 0.6 is 0 Å². The van der Waals surface area contributed by atoms with E-state index in [1.165, 1.54) is 24.6 Å². The number of carbonyl (C=O) groups is 2. The van der Waals surface area contributed by atoms with Crippen LogP contribution < -0.4 is 15.5 Å². The molecular formula is C22H25N3O2. The minimum Gasteiger partial charge on any atom is -0.372 e. The van der Waals surface area contributed by atoms with Gasteiger partial charge in [0.25, 0.3) is 5.91 Å². The van der Waals surface area contributed by atoms with Crippen LogP contribution in [0.5, 0.6) is 0 Å². The number of hydrogen-bond donors (Lipinski definition) is 2. The third kappa shape index (κ3) is 5.20. The number of rotatable bonds is 6. The SMILES string of the molecule is CNC(=O)/C=C/c1ccc(CNC(=O)c2ccc(N3CCCC3)cc2)cc1. The lowest BCUT2D eigenvalue weighted by Gasteiger charge is -2.17. The first-order valence-electron chi connectivity index (χ1n) is 9.27. The molecule has 1 saturated heterocycles. The monoisotopic (exact) mass is 363 g/mol. The fourth-order valence-electron chi connectivity index (χ4n) is 3.09. The van der Waals surface area contributed by atoms with Gasteiger partial charge in [-0.05, 0) is 54.3 Å². The lowest BCUT2D eigenvalue weighted by Crippen LogP contribution is -2.23. The largest absolute Gasteiger partial charge is 0.372 e. The molecule has 0 saturated carbocycles. The number of nitrogens with zero attached hydrogens (tertiary/aromatic N) is 1. The summed E-state index contributed by atoms with van der Waals surface area (Å²) < 4.78 is 0. The minimum absolute atomic E-state index is 0.0773. The number of anilines is 1. The van der Waals surface area contributed by atoms with Gasteiger partial charge in [0.1, 0.15) is 0 Å². The Hall–Kier alpha value is -3.08. The molecule has 1 heterocycles. The summed E-state index contributed by atoms with van der Waals surface area (Å²) in [5.41, 5.74) is 3.80. The van der Waals surface area contributed by atoms with Crippen molar-refractivity contribution in [2.45, 2.75) is 19.4 Å². The summed E-state index contributed by atoms with van der Waals surface area (Å²) in [5, 5.41) is 5.49. The third-order valence-electron chi connectivity index (χ3n) is 4.71. The molecule has 3 rings (SSSR count). The Morgan fingerprint density at radius 2 is 1.67 bits per heavy atom. The molecule has 2 aromatic rings. The molecule has 27 heavy (non-hydrogen) atoms. The van der Waals surface area contributed by atoms with Crippen LogP contribution in [-0.4, -0.2) is 32.0 Å². The molecule has 2 aromatic carbocycles. The summed E-state index contributed by atoms with van der Waals surface area (Å²) in [4.78, 5) is 25.9. The summed E-state index contributed by atoms with van der Waals surface area (Å²) in [5.74, 6) is -0.214. The lowest BCUT2D eigenvalue weighted by atomic mass is 10.1. The molecule has 0 atom stereocenters. The van der Waals surface area contributed by atoms with Gasteiger partial charge in [0.05, 0.1) is 0 Å². The van der Waals surface area contributed by atoms with E-state index >= 15 is 0 Å². The molecule has 0 aliphatic carbocycles. The summed E-state index contributed by atoms with van der Waals surface area (Å²) in [7, 11) is 1.60. The standard InChI is InChI=1S/C22H25N3O2/c1-23-21(26)13-8-17-4-6-18(7-5-17)16-24-22(27)19-9-11-20(12-10-19)25-14-2-3-15-25/h4-13H,2-3,14-16H2,1H3,(H,23,26)(H,24,27)/b13-8+. The van der Waals surface area contributed by atoms with Crippen LogP contribution in [0.15, 0.2) is 54.6 Å². The van der Waals surface area contributed by atoms with Gasteiger partial charge in [-0.3, -0.25) is 9.59 Å². The number of benzene rings is 2. The average molecular weight is 363 g/mol. The Bertz CT molecular complexity index is 804. The molecule has 1 fully saturated rings. The van der Waals surface area contributed by atoms with Gasteiger partial charge < -0.3 is 15.5 Å². The van der Waals surface area contributed by atoms with Crippen molar-refractivity contribution in [1.82, 2.24) is 10.6 Å². The van der Waals surface area contributed by atoms with Gasteiger partial charge in [0.15, 0.2) is 0 Å². The van der Waals surface area contributed by atoms with Crippen molar-refractivity contribution in [2.75, 3.05) is 25.0 Å². The molecule has 140 valence electrons. The molecule has 0 aromatic heterocycles. The van der Waals surface area contributed by atoms with E-state index in [2.05, 4.69) is 15.5 Å². The second-order valence-electron chi connectivity index (χ2n) is 6.61. The van der Waals surface area contributed by atoms with E-state index in [0.717, 1.165) is 24.2 Å². The first-order chi connectivity index (χ1) is 13.2. The minimum atomic E-state index is -0.137. The molecule has 2 N–H and O–H groups in total. The second kappa shape index (κ2) is 9.03. The molecule has 2 amide bonds. The topological polar surface area (TPSA) is 61.4 Å². The predicted molar refractivity (Wildman–Crippen MR) is 109 cm³/mol. The highest BCUT2D eigenvalue weighted by Crippen LogP contribution is 2.20. The Morgan fingerprint density at radius 3 is 2.30 bits per heavy atom. The van der Waals surface area contributed by atoms with Crippen LogP contribution in [0.3, 0.4) is 0 Å². The molecule has 5 nitrogen and oxygen atoms in total. The van der Waals surface area contributed by atoms with E-state index in [9.17, 15) is 9.59 Å². The highest BCUT2D eigenvalue weighted by Gasteiger charge is 2.13. The number of likely N-dealkylation sites (N-methyl/N-ethyl adjacent to an activating group) is 1. The quantitative estimate of drug-likeness (QED) is 0.776. The van der Waals surface area contributed by atoms with Gasteiger partial charge in [0.2, 0.25) is 5.91 Å². The molecule has 5 heteroatoms. The molecule has 0 radical (unpaired) electrons. The van der Waals surface area contributed by atoms with E-state index in [-0.39, 0.29) is 11.8 Å². The normalized spacial score (nSPS) is 13.7. The maximum atomic E-state index is 12.3. The lowest BCUT2D eigenvalue weighted by molar-refractivity contribution is -0.115. The molecular weight excluding hydrogens is 338 g/mol. The van der Waals surface area contributed by atoms with E-state index in [1.54, 1.807) is 13.1 Å². The second-order valence-corrected chi connectivity index (χ2v) is 6.61. The zero-order valence-electron chi connectivity index (χ0n) is 15.6. The van der Waals surface area contributed by atoms with Crippen molar-refractivity contribution >= 4 is 23.6 Å². The Labute approximate surface area is 160 Å². The molecule has 1 aliphatic rings. The zero-order chi connectivity index (χ0) is 19.1. The fraction of sp³-hybridized carbons (Fsp3) is 0.273. The van der Waals surface area contributed by atoms with Gasteiger partial charge in [-0.15, -0.1) is 0 Å². The fourth-order valence-corrected chi connectivity index (χ4v) is 3.09. The van der Waals surface area contributed by atoms with Crippen molar-refractivity contribution in [3.05, 3.63) is 71.3 Å². The molecule has 0 bridgehead atoms.